The molecule has 0 unspecified atom stereocenters. The van der Waals surface area contributed by atoms with E-state index in [1.807, 2.05) is 47.2 Å². The molecule has 0 amide bonds. The number of benzene rings is 2. The molecule has 114 valence electrons. The van der Waals surface area contributed by atoms with Gasteiger partial charge in [-0.05, 0) is 18.4 Å². The first-order valence-corrected chi connectivity index (χ1v) is 8.93. The minimum absolute atomic E-state index is 0.714. The number of hydrogen-bond donors (Lipinski definition) is 0. The monoisotopic (exact) mass is 340 g/mol. The molecule has 0 fully saturated rings. The molecule has 0 saturated carbocycles. The Balaban J connectivity index is 2.07. The molecule has 4 nitrogen and oxygen atoms in total. The van der Waals surface area contributed by atoms with Gasteiger partial charge in [-0.15, -0.1) is 10.2 Å². The molecule has 4 aromatic rings. The number of thioether (sulfide) groups is 1. The van der Waals surface area contributed by atoms with E-state index in [4.69, 9.17) is 16.7 Å². The van der Waals surface area contributed by atoms with Crippen molar-refractivity contribution in [3.63, 3.8) is 0 Å². The summed E-state index contributed by atoms with van der Waals surface area (Å²) in [6.07, 6.45) is 2.04. The molecule has 0 aliphatic carbocycles. The van der Waals surface area contributed by atoms with Crippen LogP contribution in [0.1, 0.15) is 5.82 Å². The summed E-state index contributed by atoms with van der Waals surface area (Å²) < 4.78 is 1.85. The molecule has 4 rings (SSSR count). The number of halogens is 1. The van der Waals surface area contributed by atoms with Crippen LogP contribution in [0, 0.1) is 0 Å². The van der Waals surface area contributed by atoms with Crippen LogP contribution in [-0.4, -0.2) is 26.1 Å². The highest BCUT2D eigenvalue weighted by molar-refractivity contribution is 7.97. The first-order chi connectivity index (χ1) is 11.3. The molecule has 6 heteroatoms. The lowest BCUT2D eigenvalue weighted by atomic mass is 10.1. The van der Waals surface area contributed by atoms with Crippen molar-refractivity contribution in [2.24, 2.45) is 0 Å². The zero-order valence-electron chi connectivity index (χ0n) is 12.4. The maximum atomic E-state index is 6.01. The third-order valence-electron chi connectivity index (χ3n) is 3.72. The Morgan fingerprint density at radius 2 is 1.74 bits per heavy atom. The zero-order chi connectivity index (χ0) is 15.8. The Hall–Kier alpha value is -2.11. The van der Waals surface area contributed by atoms with Crippen molar-refractivity contribution in [1.29, 1.82) is 0 Å². The van der Waals surface area contributed by atoms with E-state index in [1.54, 1.807) is 11.8 Å². The fraction of sp³-hybridized carbons (Fsp3) is 0.118. The van der Waals surface area contributed by atoms with Crippen molar-refractivity contribution >= 4 is 39.8 Å². The van der Waals surface area contributed by atoms with Gasteiger partial charge in [0.1, 0.15) is 0 Å². The van der Waals surface area contributed by atoms with E-state index in [-0.39, 0.29) is 0 Å². The Kier molecular flexibility index (Phi) is 3.67. The molecule has 0 aliphatic heterocycles. The minimum Gasteiger partial charge on any atom is -0.195 e. The van der Waals surface area contributed by atoms with E-state index in [2.05, 4.69) is 22.3 Å². The van der Waals surface area contributed by atoms with Gasteiger partial charge in [0.05, 0.1) is 11.4 Å². The number of nitrogens with zero attached hydrogens (tertiary/aromatic N) is 4. The second kappa shape index (κ2) is 5.83. The Labute approximate surface area is 142 Å². The molecule has 0 aliphatic rings. The van der Waals surface area contributed by atoms with Crippen LogP contribution >= 0.6 is 23.4 Å². The van der Waals surface area contributed by atoms with Crippen LogP contribution in [0.4, 0.5) is 0 Å². The normalized spacial score (nSPS) is 11.4. The fourth-order valence-electron chi connectivity index (χ4n) is 2.66. The van der Waals surface area contributed by atoms with E-state index in [0.29, 0.717) is 5.02 Å². The largest absolute Gasteiger partial charge is 0.195 e. The van der Waals surface area contributed by atoms with Crippen LogP contribution < -0.4 is 0 Å². The van der Waals surface area contributed by atoms with Gasteiger partial charge in [-0.3, -0.25) is 0 Å². The minimum atomic E-state index is 0.714. The van der Waals surface area contributed by atoms with Crippen molar-refractivity contribution in [3.05, 3.63) is 59.4 Å². The molecule has 0 bridgehead atoms. The molecular formula is C17H13ClN4S. The van der Waals surface area contributed by atoms with Crippen molar-refractivity contribution in [3.8, 4) is 11.3 Å². The van der Waals surface area contributed by atoms with Gasteiger partial charge in [-0.25, -0.2) is 0 Å². The molecule has 2 aromatic carbocycles. The topological polar surface area (TPSA) is 43.1 Å². The summed E-state index contributed by atoms with van der Waals surface area (Å²) in [7, 11) is 0. The second-order valence-corrected chi connectivity index (χ2v) is 6.49. The van der Waals surface area contributed by atoms with Gasteiger partial charge in [0.2, 0.25) is 0 Å². The summed E-state index contributed by atoms with van der Waals surface area (Å²) in [5, 5.41) is 16.3. The summed E-state index contributed by atoms with van der Waals surface area (Å²) in [6, 6.07) is 15.9. The lowest BCUT2D eigenvalue weighted by Crippen LogP contribution is -2.01. The summed E-state index contributed by atoms with van der Waals surface area (Å²) in [6.45, 7) is 0. The Bertz CT molecular complexity index is 995. The third kappa shape index (κ3) is 2.46. The molecule has 0 saturated heterocycles. The van der Waals surface area contributed by atoms with Crippen LogP contribution in [0.3, 0.4) is 0 Å². The van der Waals surface area contributed by atoms with Gasteiger partial charge in [0.15, 0.2) is 11.5 Å². The fourth-order valence-corrected chi connectivity index (χ4v) is 3.23. The number of aromatic nitrogens is 4. The maximum absolute atomic E-state index is 6.01. The van der Waals surface area contributed by atoms with Gasteiger partial charge in [0.25, 0.3) is 0 Å². The molecule has 0 N–H and O–H groups in total. The molecule has 0 spiro atoms. The van der Waals surface area contributed by atoms with Crippen LogP contribution in [0.25, 0.3) is 27.7 Å². The summed E-state index contributed by atoms with van der Waals surface area (Å²) in [5.41, 5.74) is 2.73. The van der Waals surface area contributed by atoms with Gasteiger partial charge in [-0.2, -0.15) is 21.4 Å². The van der Waals surface area contributed by atoms with Gasteiger partial charge >= 0.3 is 0 Å². The second-order valence-electron chi connectivity index (χ2n) is 5.19. The zero-order valence-corrected chi connectivity index (χ0v) is 14.0. The van der Waals surface area contributed by atoms with Gasteiger partial charge < -0.3 is 0 Å². The molecule has 0 atom stereocenters. The van der Waals surface area contributed by atoms with Gasteiger partial charge in [0, 0.05) is 21.4 Å². The predicted octanol–water partition coefficient (Wildman–Crippen LogP) is 4.46. The number of hydrogen-bond acceptors (Lipinski definition) is 4. The average molecular weight is 341 g/mol. The molecule has 2 aromatic heterocycles. The highest BCUT2D eigenvalue weighted by atomic mass is 35.5. The SMILES string of the molecule is CSCc1nnc2c3ccccc3c(-c3ccc(Cl)cc3)nn12. The van der Waals surface area contributed by atoms with Crippen molar-refractivity contribution in [1.82, 2.24) is 19.8 Å². The maximum Gasteiger partial charge on any atom is 0.185 e. The van der Waals surface area contributed by atoms with Gasteiger partial charge in [-0.1, -0.05) is 48.0 Å². The highest BCUT2D eigenvalue weighted by Gasteiger charge is 2.14. The average Bonchev–Trinajstić information content (AvgIpc) is 2.99. The summed E-state index contributed by atoms with van der Waals surface area (Å²) >= 11 is 7.72. The van der Waals surface area contributed by atoms with Crippen molar-refractivity contribution < 1.29 is 0 Å². The number of fused-ring (bicyclic) bond motifs is 3. The van der Waals surface area contributed by atoms with Crippen molar-refractivity contribution in [2.75, 3.05) is 6.26 Å². The summed E-state index contributed by atoms with van der Waals surface area (Å²) in [4.78, 5) is 0. The van der Waals surface area contributed by atoms with Crippen LogP contribution in [0.2, 0.25) is 5.02 Å². The lowest BCUT2D eigenvalue weighted by Gasteiger charge is -2.08. The van der Waals surface area contributed by atoms with Crippen LogP contribution in [0.5, 0.6) is 0 Å². The highest BCUT2D eigenvalue weighted by Crippen LogP contribution is 2.29. The lowest BCUT2D eigenvalue weighted by molar-refractivity contribution is 0.877. The predicted molar refractivity (Wildman–Crippen MR) is 96.0 cm³/mol. The first kappa shape index (κ1) is 14.5. The van der Waals surface area contributed by atoms with Crippen molar-refractivity contribution in [2.45, 2.75) is 5.75 Å². The van der Waals surface area contributed by atoms with E-state index in [9.17, 15) is 0 Å². The standard InChI is InChI=1S/C17H13ClN4S/c1-23-10-15-19-20-17-14-5-3-2-4-13(14)16(21-22(15)17)11-6-8-12(18)9-7-11/h2-9H,10H2,1H3. The summed E-state index contributed by atoms with van der Waals surface area (Å²) in [5.74, 6) is 1.63. The van der Waals surface area contributed by atoms with Crippen LogP contribution in [0.15, 0.2) is 48.5 Å². The Morgan fingerprint density at radius 1 is 1.00 bits per heavy atom. The number of rotatable bonds is 3. The quantitative estimate of drug-likeness (QED) is 0.552. The van der Waals surface area contributed by atoms with E-state index in [0.717, 1.165) is 39.3 Å². The smallest absolute Gasteiger partial charge is 0.185 e. The van der Waals surface area contributed by atoms with E-state index >= 15 is 0 Å². The molecule has 23 heavy (non-hydrogen) atoms. The molecule has 2 heterocycles. The molecular weight excluding hydrogens is 328 g/mol. The molecule has 0 radical (unpaired) electrons. The Morgan fingerprint density at radius 3 is 2.48 bits per heavy atom. The van der Waals surface area contributed by atoms with E-state index < -0.39 is 0 Å². The first-order valence-electron chi connectivity index (χ1n) is 7.16. The third-order valence-corrected chi connectivity index (χ3v) is 4.52. The van der Waals surface area contributed by atoms with Crippen LogP contribution in [-0.2, 0) is 5.75 Å². The van der Waals surface area contributed by atoms with E-state index in [1.165, 1.54) is 0 Å².